The second-order valence-corrected chi connectivity index (χ2v) is 4.87. The molecule has 102 valence electrons. The third kappa shape index (κ3) is 3.33. The fraction of sp³-hybridized carbons (Fsp3) is 0.357. The molecule has 0 amide bonds. The molecular weight excluding hydrogens is 267 g/mol. The fourth-order valence-electron chi connectivity index (χ4n) is 2.02. The molecule has 0 aliphatic carbocycles. The van der Waals surface area contributed by atoms with Crippen molar-refractivity contribution in [1.29, 1.82) is 0 Å². The van der Waals surface area contributed by atoms with E-state index >= 15 is 0 Å². The quantitative estimate of drug-likeness (QED) is 0.913. The van der Waals surface area contributed by atoms with Crippen molar-refractivity contribution >= 4 is 11.6 Å². The topological polar surface area (TPSA) is 38.0 Å². The van der Waals surface area contributed by atoms with Gasteiger partial charge in [-0.2, -0.15) is 5.10 Å². The van der Waals surface area contributed by atoms with Crippen LogP contribution in [0.4, 0.5) is 4.39 Å². The smallest absolute Gasteiger partial charge is 0.127 e. The van der Waals surface area contributed by atoms with Crippen LogP contribution in [-0.4, -0.2) is 14.9 Å². The largest absolute Gasteiger partial charge is 0.386 e. The molecule has 1 unspecified atom stereocenters. The van der Waals surface area contributed by atoms with Crippen LogP contribution in [0, 0.1) is 5.82 Å². The number of hydrogen-bond donors (Lipinski definition) is 1. The van der Waals surface area contributed by atoms with Gasteiger partial charge < -0.3 is 5.11 Å². The molecule has 0 spiro atoms. The number of benzene rings is 1. The predicted molar refractivity (Wildman–Crippen MR) is 72.6 cm³/mol. The standard InChI is InChI=1S/C14H16ClFN2O/c1-2-7-18-13(5-6-17-18)14(19)8-10-3-4-11(15)9-12(10)16/h3-6,9,14,19H,2,7-8H2,1H3. The first kappa shape index (κ1) is 14.0. The van der Waals surface area contributed by atoms with E-state index in [4.69, 9.17) is 11.6 Å². The Kier molecular flexibility index (Phi) is 4.56. The highest BCUT2D eigenvalue weighted by molar-refractivity contribution is 6.30. The molecular formula is C14H16ClFN2O. The summed E-state index contributed by atoms with van der Waals surface area (Å²) in [6.45, 7) is 2.78. The minimum atomic E-state index is -0.773. The van der Waals surface area contributed by atoms with Crippen molar-refractivity contribution in [2.45, 2.75) is 32.4 Å². The van der Waals surface area contributed by atoms with Crippen LogP contribution in [0.1, 0.15) is 30.7 Å². The van der Waals surface area contributed by atoms with E-state index in [0.29, 0.717) is 16.3 Å². The highest BCUT2D eigenvalue weighted by atomic mass is 35.5. The number of hydrogen-bond acceptors (Lipinski definition) is 2. The predicted octanol–water partition coefficient (Wildman–Crippen LogP) is 3.36. The summed E-state index contributed by atoms with van der Waals surface area (Å²) in [5.41, 5.74) is 1.15. The van der Waals surface area contributed by atoms with E-state index in [0.717, 1.165) is 13.0 Å². The Labute approximate surface area is 116 Å². The molecule has 1 heterocycles. The van der Waals surface area contributed by atoms with Gasteiger partial charge in [-0.05, 0) is 30.2 Å². The van der Waals surface area contributed by atoms with E-state index < -0.39 is 11.9 Å². The van der Waals surface area contributed by atoms with Crippen LogP contribution in [-0.2, 0) is 13.0 Å². The molecule has 0 saturated carbocycles. The van der Waals surface area contributed by atoms with Gasteiger partial charge in [-0.15, -0.1) is 0 Å². The van der Waals surface area contributed by atoms with Crippen LogP contribution in [0.5, 0.6) is 0 Å². The number of aryl methyl sites for hydroxylation is 1. The molecule has 2 rings (SSSR count). The lowest BCUT2D eigenvalue weighted by atomic mass is 10.1. The van der Waals surface area contributed by atoms with Crippen LogP contribution in [0.2, 0.25) is 5.02 Å². The van der Waals surface area contributed by atoms with Gasteiger partial charge in [0.05, 0.1) is 11.8 Å². The van der Waals surface area contributed by atoms with Gasteiger partial charge >= 0.3 is 0 Å². The Hall–Kier alpha value is -1.39. The van der Waals surface area contributed by atoms with Gasteiger partial charge in [0.1, 0.15) is 5.82 Å². The summed E-state index contributed by atoms with van der Waals surface area (Å²) >= 11 is 5.70. The van der Waals surface area contributed by atoms with Crippen molar-refractivity contribution < 1.29 is 9.50 Å². The zero-order valence-corrected chi connectivity index (χ0v) is 11.4. The van der Waals surface area contributed by atoms with Crippen molar-refractivity contribution in [2.75, 3.05) is 0 Å². The zero-order valence-electron chi connectivity index (χ0n) is 10.7. The molecule has 0 bridgehead atoms. The van der Waals surface area contributed by atoms with E-state index in [1.54, 1.807) is 29.1 Å². The average molecular weight is 283 g/mol. The van der Waals surface area contributed by atoms with Crippen LogP contribution < -0.4 is 0 Å². The lowest BCUT2D eigenvalue weighted by Gasteiger charge is -2.13. The molecule has 1 aromatic carbocycles. The van der Waals surface area contributed by atoms with E-state index in [2.05, 4.69) is 5.10 Å². The Morgan fingerprint density at radius 1 is 1.42 bits per heavy atom. The number of halogens is 2. The number of rotatable bonds is 5. The van der Waals surface area contributed by atoms with Gasteiger partial charge in [-0.25, -0.2) is 4.39 Å². The molecule has 19 heavy (non-hydrogen) atoms. The number of aliphatic hydroxyl groups excluding tert-OH is 1. The van der Waals surface area contributed by atoms with Gasteiger partial charge in [0.2, 0.25) is 0 Å². The highest BCUT2D eigenvalue weighted by Gasteiger charge is 2.15. The number of nitrogens with zero attached hydrogens (tertiary/aromatic N) is 2. The maximum absolute atomic E-state index is 13.7. The SMILES string of the molecule is CCCn1nccc1C(O)Cc1ccc(Cl)cc1F. The summed E-state index contributed by atoms with van der Waals surface area (Å²) in [6.07, 6.45) is 2.01. The molecule has 0 aliphatic heterocycles. The van der Waals surface area contributed by atoms with Crippen LogP contribution >= 0.6 is 11.6 Å². The minimum Gasteiger partial charge on any atom is -0.386 e. The maximum atomic E-state index is 13.7. The summed E-state index contributed by atoms with van der Waals surface area (Å²) in [7, 11) is 0. The Morgan fingerprint density at radius 2 is 2.21 bits per heavy atom. The van der Waals surface area contributed by atoms with Crippen LogP contribution in [0.3, 0.4) is 0 Å². The Bertz CT molecular complexity index is 556. The first-order chi connectivity index (χ1) is 9.11. The van der Waals surface area contributed by atoms with E-state index in [1.807, 2.05) is 6.92 Å². The van der Waals surface area contributed by atoms with Gasteiger partial charge in [0, 0.05) is 24.2 Å². The van der Waals surface area contributed by atoms with E-state index in [1.165, 1.54) is 6.07 Å². The van der Waals surface area contributed by atoms with Crippen molar-refractivity contribution in [2.24, 2.45) is 0 Å². The second-order valence-electron chi connectivity index (χ2n) is 4.43. The van der Waals surface area contributed by atoms with Gasteiger partial charge in [-0.1, -0.05) is 24.6 Å². The Morgan fingerprint density at radius 3 is 2.89 bits per heavy atom. The second kappa shape index (κ2) is 6.17. The van der Waals surface area contributed by atoms with Crippen molar-refractivity contribution in [3.05, 3.63) is 52.6 Å². The number of aliphatic hydroxyl groups is 1. The van der Waals surface area contributed by atoms with Crippen LogP contribution in [0.15, 0.2) is 30.5 Å². The first-order valence-electron chi connectivity index (χ1n) is 6.25. The molecule has 0 saturated heterocycles. The zero-order chi connectivity index (χ0) is 13.8. The van der Waals surface area contributed by atoms with Gasteiger partial charge in [0.25, 0.3) is 0 Å². The monoisotopic (exact) mass is 282 g/mol. The third-order valence-electron chi connectivity index (χ3n) is 2.95. The maximum Gasteiger partial charge on any atom is 0.127 e. The van der Waals surface area contributed by atoms with Crippen LogP contribution in [0.25, 0.3) is 0 Å². The summed E-state index contributed by atoms with van der Waals surface area (Å²) in [5, 5.41) is 14.7. The van der Waals surface area contributed by atoms with Crippen molar-refractivity contribution in [3.63, 3.8) is 0 Å². The highest BCUT2D eigenvalue weighted by Crippen LogP contribution is 2.22. The lowest BCUT2D eigenvalue weighted by Crippen LogP contribution is -2.11. The molecule has 0 fully saturated rings. The number of aromatic nitrogens is 2. The summed E-state index contributed by atoms with van der Waals surface area (Å²) in [4.78, 5) is 0. The summed E-state index contributed by atoms with van der Waals surface area (Å²) in [6, 6.07) is 6.23. The van der Waals surface area contributed by atoms with Crippen molar-refractivity contribution in [1.82, 2.24) is 9.78 Å². The van der Waals surface area contributed by atoms with E-state index in [-0.39, 0.29) is 6.42 Å². The molecule has 1 N–H and O–H groups in total. The Balaban J connectivity index is 2.16. The molecule has 2 aromatic rings. The molecule has 1 atom stereocenters. The lowest BCUT2D eigenvalue weighted by molar-refractivity contribution is 0.165. The van der Waals surface area contributed by atoms with E-state index in [9.17, 15) is 9.50 Å². The van der Waals surface area contributed by atoms with Gasteiger partial charge in [0.15, 0.2) is 0 Å². The molecule has 1 aromatic heterocycles. The normalized spacial score (nSPS) is 12.6. The summed E-state index contributed by atoms with van der Waals surface area (Å²) in [5.74, 6) is -0.395. The first-order valence-corrected chi connectivity index (χ1v) is 6.63. The van der Waals surface area contributed by atoms with Gasteiger partial charge in [-0.3, -0.25) is 4.68 Å². The molecule has 3 nitrogen and oxygen atoms in total. The fourth-order valence-corrected chi connectivity index (χ4v) is 2.18. The molecule has 0 aliphatic rings. The molecule has 0 radical (unpaired) electrons. The summed E-state index contributed by atoms with van der Waals surface area (Å²) < 4.78 is 15.4. The van der Waals surface area contributed by atoms with Crippen molar-refractivity contribution in [3.8, 4) is 0 Å². The third-order valence-corrected chi connectivity index (χ3v) is 3.19. The average Bonchev–Trinajstić information content (AvgIpc) is 2.81. The minimum absolute atomic E-state index is 0.207. The molecule has 5 heteroatoms.